The second-order valence-corrected chi connectivity index (χ2v) is 15.7. The van der Waals surface area contributed by atoms with Gasteiger partial charge in [-0.2, -0.15) is 4.42 Å². The van der Waals surface area contributed by atoms with Gasteiger partial charge < -0.3 is 17.3 Å². The highest BCUT2D eigenvalue weighted by Crippen LogP contribution is 2.44. The quantitative estimate of drug-likeness (QED) is 0.0836. The van der Waals surface area contributed by atoms with Crippen molar-refractivity contribution in [2.75, 3.05) is 0 Å². The molecule has 272 valence electrons. The molecule has 54 heavy (non-hydrogen) atoms. The van der Waals surface area contributed by atoms with Crippen LogP contribution in [0.1, 0.15) is 36.0 Å². The van der Waals surface area contributed by atoms with Crippen LogP contribution in [0.5, 0.6) is 0 Å². The summed E-state index contributed by atoms with van der Waals surface area (Å²) in [7, 11) is -6.00. The van der Waals surface area contributed by atoms with Crippen molar-refractivity contribution in [2.45, 2.75) is 39.2 Å². The predicted octanol–water partition coefficient (Wildman–Crippen LogP) is 15.5. The largest absolute Gasteiger partial charge is 0.673 e. The zero-order valence-electron chi connectivity index (χ0n) is 28.9. The number of hydrogen-bond acceptors (Lipinski definition) is 3. The summed E-state index contributed by atoms with van der Waals surface area (Å²) >= 11 is 12.2. The van der Waals surface area contributed by atoms with Crippen LogP contribution in [0, 0.1) is 0 Å². The highest BCUT2D eigenvalue weighted by atomic mass is 35.5. The van der Waals surface area contributed by atoms with Gasteiger partial charge in [0.15, 0.2) is 0 Å². The summed E-state index contributed by atoms with van der Waals surface area (Å²) in [5, 5.41) is 2.54. The molecule has 1 aliphatic carbocycles. The van der Waals surface area contributed by atoms with Crippen LogP contribution in [0.15, 0.2) is 210 Å². The Morgan fingerprint density at radius 2 is 1.07 bits per heavy atom. The first-order chi connectivity index (χ1) is 26.2. The van der Waals surface area contributed by atoms with Gasteiger partial charge in [-0.3, -0.25) is 0 Å². The second-order valence-electron chi connectivity index (χ2n) is 12.1. The highest BCUT2D eigenvalue weighted by molar-refractivity contribution is 8.16. The van der Waals surface area contributed by atoms with Crippen LogP contribution in [0.2, 0.25) is 0 Å². The summed E-state index contributed by atoms with van der Waals surface area (Å²) in [4.78, 5) is 4.75. The molecule has 0 spiro atoms. The average molecular weight is 797 g/mol. The van der Waals surface area contributed by atoms with Gasteiger partial charge in [0.2, 0.25) is 0 Å². The summed E-state index contributed by atoms with van der Waals surface area (Å²) < 4.78 is 45.3. The molecule has 0 saturated heterocycles. The maximum absolute atomic E-state index is 9.75. The fourth-order valence-electron chi connectivity index (χ4n) is 5.59. The fraction of sp³-hybridized carbons (Fsp3) is 0.0682. The molecule has 0 saturated carbocycles. The Morgan fingerprint density at radius 3 is 1.56 bits per heavy atom. The zero-order chi connectivity index (χ0) is 37.8. The van der Waals surface area contributed by atoms with Gasteiger partial charge in [-0.05, 0) is 89.1 Å². The molecule has 10 heteroatoms. The Labute approximate surface area is 331 Å². The van der Waals surface area contributed by atoms with Gasteiger partial charge >= 0.3 is 17.4 Å². The van der Waals surface area contributed by atoms with Gasteiger partial charge in [0.1, 0.15) is 0 Å². The van der Waals surface area contributed by atoms with Crippen molar-refractivity contribution in [3.8, 4) is 0 Å². The zero-order valence-corrected chi connectivity index (χ0v) is 32.1. The minimum Gasteiger partial charge on any atom is -0.418 e. The smallest absolute Gasteiger partial charge is 0.418 e. The van der Waals surface area contributed by atoms with Gasteiger partial charge in [-0.1, -0.05) is 145 Å². The Hall–Kier alpha value is -4.41. The van der Waals surface area contributed by atoms with Gasteiger partial charge in [0.25, 0.3) is 0 Å². The minimum atomic E-state index is -6.00. The number of benzene rings is 4. The maximum Gasteiger partial charge on any atom is 0.673 e. The van der Waals surface area contributed by atoms with E-state index in [9.17, 15) is 17.3 Å². The first-order valence-electron chi connectivity index (χ1n) is 17.2. The molecule has 7 rings (SSSR count). The minimum absolute atomic E-state index is 0.846. The van der Waals surface area contributed by atoms with Crippen LogP contribution in [-0.4, -0.2) is 7.25 Å². The molecular weight excluding hydrogens is 763 g/mol. The van der Waals surface area contributed by atoms with Crippen molar-refractivity contribution >= 4 is 70.0 Å². The van der Waals surface area contributed by atoms with E-state index in [1.165, 1.54) is 26.5 Å². The third-order valence-electron chi connectivity index (χ3n) is 8.04. The van der Waals surface area contributed by atoms with E-state index >= 15 is 0 Å². The Kier molecular flexibility index (Phi) is 14.0. The fourth-order valence-corrected chi connectivity index (χ4v) is 8.79. The molecule has 0 atom stereocenters. The molecular formula is C44H34BClF4OS3. The summed E-state index contributed by atoms with van der Waals surface area (Å²) in [5.74, 6) is 0. The van der Waals surface area contributed by atoms with Crippen LogP contribution < -0.4 is 0 Å². The van der Waals surface area contributed by atoms with Crippen LogP contribution in [0.3, 0.4) is 0 Å². The Balaban J connectivity index is 0.000000934. The normalized spacial score (nSPS) is 15.4. The molecule has 0 amide bonds. The summed E-state index contributed by atoms with van der Waals surface area (Å²) in [6, 6.07) is 46.1. The van der Waals surface area contributed by atoms with Gasteiger partial charge in [-0.15, -0.1) is 0 Å². The predicted molar refractivity (Wildman–Crippen MR) is 223 cm³/mol. The molecule has 1 nitrogen and oxygen atoms in total. The molecule has 2 heterocycles. The standard InChI is InChI=1S/C44H34ClOS3.BF4/c45-44-36(26-24-32-28-40(34-14-5-1-6-15-34)49-41(29-32)35-16-7-2-8-17-35)18-13-19-37(44)27-25-33-30-42(47-38-20-9-3-10-21-38)46-43(31-33)48-39-22-11-4-12-23-39;2-1(3,4)5/h1-12,14-17,20-31H,13,18-19H2;/q+1;-1/b27-25+,36-26-;. The molecule has 1 aliphatic heterocycles. The summed E-state index contributed by atoms with van der Waals surface area (Å²) in [6.07, 6.45) is 16.3. The molecule has 2 aliphatic rings. The van der Waals surface area contributed by atoms with E-state index in [0.717, 1.165) is 61.0 Å². The van der Waals surface area contributed by atoms with Crippen molar-refractivity contribution < 1.29 is 21.7 Å². The molecule has 0 bridgehead atoms. The van der Waals surface area contributed by atoms with Gasteiger partial charge in [0, 0.05) is 48.2 Å². The topological polar surface area (TPSA) is 11.3 Å². The van der Waals surface area contributed by atoms with Crippen molar-refractivity contribution in [3.05, 3.63) is 202 Å². The maximum atomic E-state index is 9.75. The molecule has 4 aromatic carbocycles. The van der Waals surface area contributed by atoms with E-state index in [2.05, 4.69) is 158 Å². The lowest BCUT2D eigenvalue weighted by atomic mass is 9.93. The highest BCUT2D eigenvalue weighted by Gasteiger charge is 2.21. The van der Waals surface area contributed by atoms with Crippen LogP contribution in [-0.2, 0) is 0 Å². The number of hydrogen-bond donors (Lipinski definition) is 0. The van der Waals surface area contributed by atoms with E-state index in [1.54, 1.807) is 23.5 Å². The number of halogens is 5. The van der Waals surface area contributed by atoms with E-state index in [1.807, 2.05) is 23.9 Å². The van der Waals surface area contributed by atoms with Crippen LogP contribution in [0.25, 0.3) is 15.9 Å². The molecule has 0 radical (unpaired) electrons. The van der Waals surface area contributed by atoms with Crippen LogP contribution in [0.4, 0.5) is 17.3 Å². The number of rotatable bonds is 9. The van der Waals surface area contributed by atoms with Crippen molar-refractivity contribution in [1.82, 2.24) is 0 Å². The number of allylic oxidation sites excluding steroid dienone is 9. The molecule has 0 unspecified atom stereocenters. The Bertz CT molecular complexity index is 2100. The lowest BCUT2D eigenvalue weighted by molar-refractivity contribution is 0.368. The SMILES string of the molecule is ClC1=C(/C=C/c2cc(Sc3ccccc3)[o+]c(Sc3ccccc3)c2)CCC/C1=C/C=C1C=C(c2ccccc2)SC(c2ccccc2)=C1.F[B-](F)(F)F. The van der Waals surface area contributed by atoms with Crippen molar-refractivity contribution in [1.29, 1.82) is 0 Å². The van der Waals surface area contributed by atoms with Gasteiger partial charge in [0.05, 0.1) is 12.1 Å². The monoisotopic (exact) mass is 796 g/mol. The van der Waals surface area contributed by atoms with Crippen molar-refractivity contribution in [2.24, 2.45) is 0 Å². The van der Waals surface area contributed by atoms with Crippen molar-refractivity contribution in [3.63, 3.8) is 0 Å². The molecule has 1 aromatic heterocycles. The van der Waals surface area contributed by atoms with E-state index in [-0.39, 0.29) is 0 Å². The van der Waals surface area contributed by atoms with Crippen LogP contribution >= 0.6 is 46.9 Å². The lowest BCUT2D eigenvalue weighted by Gasteiger charge is -2.18. The molecule has 0 fully saturated rings. The Morgan fingerprint density at radius 1 is 0.611 bits per heavy atom. The lowest BCUT2D eigenvalue weighted by Crippen LogP contribution is -2.02. The van der Waals surface area contributed by atoms with E-state index < -0.39 is 7.25 Å². The third-order valence-corrected chi connectivity index (χ3v) is 11.5. The summed E-state index contributed by atoms with van der Waals surface area (Å²) in [5.41, 5.74) is 7.02. The third kappa shape index (κ3) is 12.3. The number of thioether (sulfide) groups is 1. The average Bonchev–Trinajstić information content (AvgIpc) is 3.18. The van der Waals surface area contributed by atoms with Gasteiger partial charge in [-0.25, -0.2) is 0 Å². The first-order valence-corrected chi connectivity index (χ1v) is 20.0. The molecule has 5 aromatic rings. The second kappa shape index (κ2) is 19.3. The van der Waals surface area contributed by atoms with E-state index in [0.29, 0.717) is 0 Å². The molecule has 0 N–H and O–H groups in total. The first kappa shape index (κ1) is 39.3. The van der Waals surface area contributed by atoms with E-state index in [4.69, 9.17) is 16.0 Å². The summed E-state index contributed by atoms with van der Waals surface area (Å²) in [6.45, 7) is 0.